The summed E-state index contributed by atoms with van der Waals surface area (Å²) >= 11 is 0. The number of amides is 3. The topological polar surface area (TPSA) is 107 Å². The quantitative estimate of drug-likeness (QED) is 0.532. The molecule has 1 aliphatic heterocycles. The predicted molar refractivity (Wildman–Crippen MR) is 59.2 cm³/mol. The van der Waals surface area contributed by atoms with E-state index in [1.807, 2.05) is 5.43 Å². The fraction of sp³-hybridized carbons (Fsp3) is 0. The average Bonchev–Trinajstić information content (AvgIpc) is 2.62. The number of hydrogen-bond donors (Lipinski definition) is 1. The molecular weight excluding hydrogens is 252 g/mol. The van der Waals surface area contributed by atoms with E-state index in [9.17, 15) is 24.3 Å². The van der Waals surface area contributed by atoms with Crippen molar-refractivity contribution in [3.8, 4) is 0 Å². The summed E-state index contributed by atoms with van der Waals surface area (Å²) in [6.07, 6.45) is 1.15. The maximum atomic E-state index is 11.8. The molecule has 0 atom stereocenters. The lowest BCUT2D eigenvalue weighted by molar-refractivity contribution is -0.297. The van der Waals surface area contributed by atoms with E-state index in [2.05, 4.69) is 0 Å². The summed E-state index contributed by atoms with van der Waals surface area (Å²) in [6, 6.07) is 6.09. The van der Waals surface area contributed by atoms with Gasteiger partial charge in [-0.25, -0.2) is 0 Å². The second kappa shape index (κ2) is 4.73. The average molecular weight is 259 g/mol. The van der Waals surface area contributed by atoms with Crippen molar-refractivity contribution in [1.29, 1.82) is 0 Å². The first-order chi connectivity index (χ1) is 9.00. The van der Waals surface area contributed by atoms with Crippen LogP contribution in [0.4, 0.5) is 0 Å². The monoisotopic (exact) mass is 259 g/mol. The van der Waals surface area contributed by atoms with Gasteiger partial charge in [0, 0.05) is 6.08 Å². The van der Waals surface area contributed by atoms with E-state index < -0.39 is 23.7 Å². The summed E-state index contributed by atoms with van der Waals surface area (Å²) in [7, 11) is 0. The van der Waals surface area contributed by atoms with Gasteiger partial charge in [-0.15, -0.1) is 0 Å². The van der Waals surface area contributed by atoms with Gasteiger partial charge in [0.15, 0.2) is 0 Å². The minimum Gasteiger partial charge on any atom is -0.545 e. The number of imide groups is 1. The summed E-state index contributed by atoms with van der Waals surface area (Å²) in [6.45, 7) is 0. The van der Waals surface area contributed by atoms with Gasteiger partial charge in [-0.3, -0.25) is 19.8 Å². The third kappa shape index (κ3) is 2.34. The molecule has 3 amide bonds. The van der Waals surface area contributed by atoms with Gasteiger partial charge >= 0.3 is 0 Å². The number of rotatable bonds is 3. The van der Waals surface area contributed by atoms with Crippen molar-refractivity contribution in [3.05, 3.63) is 47.5 Å². The van der Waals surface area contributed by atoms with E-state index >= 15 is 0 Å². The Morgan fingerprint density at radius 1 is 1.05 bits per heavy atom. The third-order valence-electron chi connectivity index (χ3n) is 2.39. The van der Waals surface area contributed by atoms with Gasteiger partial charge in [0.05, 0.1) is 17.1 Å². The van der Waals surface area contributed by atoms with E-state index in [4.69, 9.17) is 0 Å². The maximum Gasteiger partial charge on any atom is 0.280 e. The zero-order valence-corrected chi connectivity index (χ0v) is 9.45. The minimum absolute atomic E-state index is 0.177. The van der Waals surface area contributed by atoms with Crippen LogP contribution in [-0.4, -0.2) is 28.7 Å². The van der Waals surface area contributed by atoms with Crippen molar-refractivity contribution >= 4 is 23.7 Å². The highest BCUT2D eigenvalue weighted by Gasteiger charge is 2.36. The summed E-state index contributed by atoms with van der Waals surface area (Å²) in [4.78, 5) is 45.1. The van der Waals surface area contributed by atoms with Crippen LogP contribution in [0.3, 0.4) is 0 Å². The molecule has 0 aliphatic carbocycles. The lowest BCUT2D eigenvalue weighted by Crippen LogP contribution is -2.45. The molecule has 1 aliphatic rings. The molecule has 1 heterocycles. The molecule has 0 spiro atoms. The second-order valence-electron chi connectivity index (χ2n) is 3.62. The van der Waals surface area contributed by atoms with Gasteiger partial charge in [0.2, 0.25) is 0 Å². The van der Waals surface area contributed by atoms with Crippen LogP contribution < -0.4 is 10.5 Å². The van der Waals surface area contributed by atoms with Crippen molar-refractivity contribution in [3.63, 3.8) is 0 Å². The largest absolute Gasteiger partial charge is 0.545 e. The number of carbonyl (C=O) groups is 4. The van der Waals surface area contributed by atoms with E-state index in [1.54, 1.807) is 12.1 Å². The number of nitrogens with one attached hydrogen (secondary N) is 1. The molecule has 19 heavy (non-hydrogen) atoms. The van der Waals surface area contributed by atoms with E-state index in [1.165, 1.54) is 12.1 Å². The van der Waals surface area contributed by atoms with E-state index in [0.717, 1.165) is 0 Å². The number of aliphatic carboxylic acids is 1. The van der Waals surface area contributed by atoms with Gasteiger partial charge < -0.3 is 9.90 Å². The van der Waals surface area contributed by atoms with Crippen molar-refractivity contribution in [2.75, 3.05) is 0 Å². The molecule has 1 aromatic carbocycles. The molecule has 1 N–H and O–H groups in total. The maximum absolute atomic E-state index is 11.8. The van der Waals surface area contributed by atoms with Gasteiger partial charge in [0.25, 0.3) is 17.7 Å². The number of benzene rings is 1. The molecule has 0 saturated heterocycles. The zero-order valence-electron chi connectivity index (χ0n) is 9.45. The SMILES string of the molecule is O=C([O-])C=CC(=O)NN1C(=O)c2ccccc2C1=O. The van der Waals surface area contributed by atoms with Crippen LogP contribution in [-0.2, 0) is 9.59 Å². The Balaban J connectivity index is 2.17. The fourth-order valence-electron chi connectivity index (χ4n) is 1.58. The number of carboxylic acid groups (broad SMARTS) is 1. The number of carboxylic acids is 1. The van der Waals surface area contributed by atoms with Crippen LogP contribution in [0.2, 0.25) is 0 Å². The number of hydrogen-bond acceptors (Lipinski definition) is 5. The van der Waals surface area contributed by atoms with Crippen molar-refractivity contribution in [1.82, 2.24) is 10.4 Å². The molecule has 0 fully saturated rings. The van der Waals surface area contributed by atoms with Gasteiger partial charge in [-0.2, -0.15) is 5.01 Å². The molecule has 1 aromatic rings. The van der Waals surface area contributed by atoms with Crippen LogP contribution >= 0.6 is 0 Å². The predicted octanol–water partition coefficient (Wildman–Crippen LogP) is -1.38. The molecule has 0 aromatic heterocycles. The highest BCUT2D eigenvalue weighted by atomic mass is 16.4. The van der Waals surface area contributed by atoms with Crippen LogP contribution in [0.25, 0.3) is 0 Å². The number of nitrogens with zero attached hydrogens (tertiary/aromatic N) is 1. The Labute approximate surface area is 107 Å². The summed E-state index contributed by atoms with van der Waals surface area (Å²) in [5, 5.41) is 10.7. The number of carbonyl (C=O) groups excluding carboxylic acids is 4. The first-order valence-corrected chi connectivity index (χ1v) is 5.18. The fourth-order valence-corrected chi connectivity index (χ4v) is 1.58. The number of hydrazine groups is 1. The molecular formula is C12H7N2O5-. The minimum atomic E-state index is -1.56. The van der Waals surface area contributed by atoms with Gasteiger partial charge in [0.1, 0.15) is 0 Å². The standard InChI is InChI=1S/C12H8N2O5/c15-9(5-6-10(16)17)13-14-11(18)7-3-1-2-4-8(7)12(14)19/h1-6H,(H,13,15)(H,16,17)/p-1. The molecule has 7 nitrogen and oxygen atoms in total. The highest BCUT2D eigenvalue weighted by Crippen LogP contribution is 2.20. The second-order valence-corrected chi connectivity index (χ2v) is 3.62. The first-order valence-electron chi connectivity index (χ1n) is 5.18. The van der Waals surface area contributed by atoms with Crippen molar-refractivity contribution in [2.45, 2.75) is 0 Å². The van der Waals surface area contributed by atoms with Crippen molar-refractivity contribution < 1.29 is 24.3 Å². The molecule has 96 valence electrons. The third-order valence-corrected chi connectivity index (χ3v) is 2.39. The molecule has 0 unspecified atom stereocenters. The van der Waals surface area contributed by atoms with Crippen LogP contribution in [0.15, 0.2) is 36.4 Å². The molecule has 0 saturated carbocycles. The Morgan fingerprint density at radius 2 is 1.58 bits per heavy atom. The van der Waals surface area contributed by atoms with Crippen LogP contribution in [0, 0.1) is 0 Å². The molecule has 7 heteroatoms. The summed E-state index contributed by atoms with van der Waals surface area (Å²) < 4.78 is 0. The van der Waals surface area contributed by atoms with E-state index in [-0.39, 0.29) is 11.1 Å². The molecule has 0 bridgehead atoms. The van der Waals surface area contributed by atoms with E-state index in [0.29, 0.717) is 17.2 Å². The summed E-state index contributed by atoms with van der Waals surface area (Å²) in [5.74, 6) is -3.82. The van der Waals surface area contributed by atoms with Gasteiger partial charge in [-0.05, 0) is 18.2 Å². The Kier molecular flexibility index (Phi) is 3.11. The lowest BCUT2D eigenvalue weighted by Gasteiger charge is -2.13. The highest BCUT2D eigenvalue weighted by molar-refractivity contribution is 6.21. The van der Waals surface area contributed by atoms with Crippen LogP contribution in [0.5, 0.6) is 0 Å². The lowest BCUT2D eigenvalue weighted by atomic mass is 10.1. The van der Waals surface area contributed by atoms with Gasteiger partial charge in [-0.1, -0.05) is 12.1 Å². The Bertz CT molecular complexity index is 585. The Hall–Kier alpha value is -2.96. The Morgan fingerprint density at radius 3 is 2.05 bits per heavy atom. The van der Waals surface area contributed by atoms with Crippen LogP contribution in [0.1, 0.15) is 20.7 Å². The normalized spacial score (nSPS) is 13.8. The number of fused-ring (bicyclic) bond motifs is 1. The smallest absolute Gasteiger partial charge is 0.280 e. The summed E-state index contributed by atoms with van der Waals surface area (Å²) in [5.41, 5.74) is 2.35. The van der Waals surface area contributed by atoms with Crippen molar-refractivity contribution in [2.24, 2.45) is 0 Å². The molecule has 0 radical (unpaired) electrons. The molecule has 2 rings (SSSR count). The zero-order chi connectivity index (χ0) is 14.0. The first kappa shape index (κ1) is 12.5.